The number of aryl methyl sites for hydroxylation is 1. The number of carbonyl (C=O) groups is 1. The number of hydrogen-bond acceptors (Lipinski definition) is 6. The number of aromatic nitrogens is 4. The molecule has 5 rings (SSSR count). The van der Waals surface area contributed by atoms with Gasteiger partial charge in [0.25, 0.3) is 5.91 Å². The Hall–Kier alpha value is -4.28. The van der Waals surface area contributed by atoms with Crippen molar-refractivity contribution in [1.82, 2.24) is 19.3 Å². The highest BCUT2D eigenvalue weighted by atomic mass is 35.5. The molecule has 0 saturated heterocycles. The predicted octanol–water partition coefficient (Wildman–Crippen LogP) is 5.60. The number of halogens is 2. The second kappa shape index (κ2) is 11.9. The first-order valence-corrected chi connectivity index (χ1v) is 13.8. The van der Waals surface area contributed by atoms with E-state index in [9.17, 15) is 9.59 Å². The van der Waals surface area contributed by atoms with E-state index >= 15 is 4.39 Å². The third-order valence-corrected chi connectivity index (χ3v) is 7.70. The van der Waals surface area contributed by atoms with E-state index in [-0.39, 0.29) is 41.2 Å². The van der Waals surface area contributed by atoms with Crippen LogP contribution in [0, 0.1) is 12.7 Å². The highest BCUT2D eigenvalue weighted by molar-refractivity contribution is 6.35. The summed E-state index contributed by atoms with van der Waals surface area (Å²) in [6.07, 6.45) is 1.57. The lowest BCUT2D eigenvalue weighted by Crippen LogP contribution is -2.41. The minimum absolute atomic E-state index is 0.0532. The van der Waals surface area contributed by atoms with Gasteiger partial charge in [-0.2, -0.15) is 4.68 Å². The van der Waals surface area contributed by atoms with Crippen LogP contribution in [0.1, 0.15) is 52.6 Å². The average Bonchev–Trinajstić information content (AvgIpc) is 3.29. The zero-order valence-corrected chi connectivity index (χ0v) is 24.6. The highest BCUT2D eigenvalue weighted by Gasteiger charge is 2.36. The van der Waals surface area contributed by atoms with Crippen molar-refractivity contribution in [2.75, 3.05) is 18.6 Å². The van der Waals surface area contributed by atoms with Crippen LogP contribution in [0.15, 0.2) is 65.6 Å². The van der Waals surface area contributed by atoms with Gasteiger partial charge in [-0.15, -0.1) is 5.10 Å². The lowest BCUT2D eigenvalue weighted by atomic mass is 9.84. The van der Waals surface area contributed by atoms with Crippen molar-refractivity contribution in [2.24, 2.45) is 0 Å². The molecule has 0 radical (unpaired) electrons. The van der Waals surface area contributed by atoms with Gasteiger partial charge >= 0.3 is 5.69 Å². The molecule has 0 aliphatic carbocycles. The summed E-state index contributed by atoms with van der Waals surface area (Å²) in [5, 5.41) is 4.62. The van der Waals surface area contributed by atoms with Crippen molar-refractivity contribution < 1.29 is 18.7 Å². The number of nitrogens with zero attached hydrogens (tertiary/aromatic N) is 5. The largest absolute Gasteiger partial charge is 0.480 e. The average molecular weight is 592 g/mol. The zero-order chi connectivity index (χ0) is 30.1. The summed E-state index contributed by atoms with van der Waals surface area (Å²) in [4.78, 5) is 32.8. The summed E-state index contributed by atoms with van der Waals surface area (Å²) in [6, 6.07) is 12.3. The predicted molar refractivity (Wildman–Crippen MR) is 158 cm³/mol. The number of benzene rings is 2. The number of rotatable bonds is 9. The van der Waals surface area contributed by atoms with Crippen LogP contribution in [0.25, 0.3) is 5.69 Å². The molecule has 11 heteroatoms. The Morgan fingerprint density at radius 1 is 1.19 bits per heavy atom. The molecule has 9 nitrogen and oxygen atoms in total. The lowest BCUT2D eigenvalue weighted by molar-refractivity contribution is 0.0977. The van der Waals surface area contributed by atoms with Gasteiger partial charge in [-0.3, -0.25) is 9.36 Å². The summed E-state index contributed by atoms with van der Waals surface area (Å²) in [5.74, 6) is -1.03. The maximum absolute atomic E-state index is 15.8. The van der Waals surface area contributed by atoms with Crippen molar-refractivity contribution in [2.45, 2.75) is 46.4 Å². The molecule has 1 aliphatic rings. The Balaban J connectivity index is 1.54. The minimum atomic E-state index is -0.765. The number of methoxy groups -OCH3 is 1. The molecule has 0 N–H and O–H groups in total. The van der Waals surface area contributed by atoms with Gasteiger partial charge in [0.15, 0.2) is 5.82 Å². The summed E-state index contributed by atoms with van der Waals surface area (Å²) in [5.41, 5.74) is 2.98. The zero-order valence-electron chi connectivity index (χ0n) is 23.9. The highest BCUT2D eigenvalue weighted by Crippen LogP contribution is 2.42. The smallest absolute Gasteiger partial charge is 0.350 e. The monoisotopic (exact) mass is 591 g/mol. The number of carbonyl (C=O) groups excluding carboxylic acids is 1. The first kappa shape index (κ1) is 29.2. The molecule has 0 bridgehead atoms. The Kier molecular flexibility index (Phi) is 8.29. The Morgan fingerprint density at radius 2 is 1.93 bits per heavy atom. The van der Waals surface area contributed by atoms with Crippen LogP contribution in [0.4, 0.5) is 10.1 Å². The SMILES string of the molecule is C=C(C)C1CN(c2c(C)cnc(OC)c2Cl)C(=O)c2cc(F)c(-n3nc(COCc4ccccc4)n(CC)c3=O)cc21. The van der Waals surface area contributed by atoms with Crippen molar-refractivity contribution in [3.8, 4) is 11.6 Å². The van der Waals surface area contributed by atoms with Crippen molar-refractivity contribution in [1.29, 1.82) is 0 Å². The molecule has 4 aromatic rings. The second-order valence-electron chi connectivity index (χ2n) is 10.2. The van der Waals surface area contributed by atoms with Gasteiger partial charge in [0, 0.05) is 30.8 Å². The van der Waals surface area contributed by atoms with Crippen molar-refractivity contribution >= 4 is 23.2 Å². The van der Waals surface area contributed by atoms with E-state index in [0.717, 1.165) is 21.9 Å². The molecule has 1 amide bonds. The van der Waals surface area contributed by atoms with E-state index in [1.165, 1.54) is 22.6 Å². The van der Waals surface area contributed by atoms with E-state index in [0.29, 0.717) is 35.8 Å². The molecular weight excluding hydrogens is 561 g/mol. The van der Waals surface area contributed by atoms with Crippen LogP contribution in [0.5, 0.6) is 5.88 Å². The molecule has 0 fully saturated rings. The first-order valence-electron chi connectivity index (χ1n) is 13.5. The number of anilines is 1. The lowest BCUT2D eigenvalue weighted by Gasteiger charge is -2.36. The fourth-order valence-electron chi connectivity index (χ4n) is 5.21. The molecule has 0 saturated carbocycles. The molecular formula is C31H31ClFN5O4. The van der Waals surface area contributed by atoms with Crippen LogP contribution < -0.4 is 15.3 Å². The van der Waals surface area contributed by atoms with Gasteiger partial charge in [0.1, 0.15) is 23.1 Å². The number of amides is 1. The van der Waals surface area contributed by atoms with Gasteiger partial charge in [-0.1, -0.05) is 54.1 Å². The van der Waals surface area contributed by atoms with Gasteiger partial charge in [-0.25, -0.2) is 14.2 Å². The topological polar surface area (TPSA) is 91.5 Å². The number of fused-ring (bicyclic) bond motifs is 1. The molecule has 1 atom stereocenters. The molecule has 1 unspecified atom stereocenters. The maximum atomic E-state index is 15.8. The third-order valence-electron chi connectivity index (χ3n) is 7.36. The van der Waals surface area contributed by atoms with Crippen LogP contribution >= 0.6 is 11.6 Å². The van der Waals surface area contributed by atoms with Crippen LogP contribution in [0.2, 0.25) is 5.02 Å². The molecule has 2 aromatic carbocycles. The minimum Gasteiger partial charge on any atom is -0.480 e. The maximum Gasteiger partial charge on any atom is 0.350 e. The molecule has 3 heterocycles. The third kappa shape index (κ3) is 5.23. The van der Waals surface area contributed by atoms with Crippen molar-refractivity contribution in [3.05, 3.63) is 110 Å². The normalized spacial score (nSPS) is 14.7. The number of hydrogen-bond donors (Lipinski definition) is 0. The fraction of sp³-hybridized carbons (Fsp3) is 0.290. The summed E-state index contributed by atoms with van der Waals surface area (Å²) in [6.45, 7) is 10.5. The van der Waals surface area contributed by atoms with E-state index in [4.69, 9.17) is 21.1 Å². The van der Waals surface area contributed by atoms with Gasteiger partial charge in [-0.05, 0) is 49.6 Å². The second-order valence-corrected chi connectivity index (χ2v) is 10.5. The molecule has 2 aromatic heterocycles. The number of pyridine rings is 1. The first-order chi connectivity index (χ1) is 20.2. The Bertz CT molecular complexity index is 1730. The number of ether oxygens (including phenoxy) is 2. The van der Waals surface area contributed by atoms with E-state index in [1.54, 1.807) is 13.1 Å². The summed E-state index contributed by atoms with van der Waals surface area (Å²) in [7, 11) is 1.44. The van der Waals surface area contributed by atoms with E-state index < -0.39 is 17.4 Å². The van der Waals surface area contributed by atoms with Crippen LogP contribution in [-0.4, -0.2) is 38.9 Å². The van der Waals surface area contributed by atoms with Gasteiger partial charge in [0.05, 0.1) is 19.4 Å². The van der Waals surface area contributed by atoms with E-state index in [2.05, 4.69) is 16.7 Å². The van der Waals surface area contributed by atoms with Gasteiger partial charge in [0.2, 0.25) is 5.88 Å². The van der Waals surface area contributed by atoms with E-state index in [1.807, 2.05) is 44.2 Å². The fourth-order valence-corrected chi connectivity index (χ4v) is 5.59. The Labute approximate surface area is 247 Å². The summed E-state index contributed by atoms with van der Waals surface area (Å²) >= 11 is 6.59. The van der Waals surface area contributed by atoms with Crippen LogP contribution in [-0.2, 0) is 24.5 Å². The molecule has 42 heavy (non-hydrogen) atoms. The standard InChI is InChI=1S/C31H31ClFN5O4/c1-6-36-26(17-42-16-20-10-8-7-9-11-20)35-38(31(36)40)25-13-21-22(12-24(25)33)30(39)37(15-23(21)18(2)3)28-19(4)14-34-29(41-5)27(28)32/h7-14,23H,2,6,15-17H2,1,3-5H3. The summed E-state index contributed by atoms with van der Waals surface area (Å²) < 4.78 is 29.3. The quantitative estimate of drug-likeness (QED) is 0.236. The molecule has 218 valence electrons. The van der Waals surface area contributed by atoms with Crippen molar-refractivity contribution in [3.63, 3.8) is 0 Å². The van der Waals surface area contributed by atoms with Gasteiger partial charge < -0.3 is 14.4 Å². The van der Waals surface area contributed by atoms with Crippen LogP contribution in [0.3, 0.4) is 0 Å². The molecule has 1 aliphatic heterocycles. The Morgan fingerprint density at radius 3 is 2.60 bits per heavy atom. The molecule has 0 spiro atoms.